The molecule has 1 aromatic carbocycles. The first-order valence-electron chi connectivity index (χ1n) is 6.03. The maximum atomic E-state index is 12.3. The van der Waals surface area contributed by atoms with Crippen molar-refractivity contribution in [2.24, 2.45) is 0 Å². The molecule has 0 heterocycles. The van der Waals surface area contributed by atoms with Gasteiger partial charge in [-0.25, -0.2) is 8.78 Å². The van der Waals surface area contributed by atoms with E-state index < -0.39 is 6.43 Å². The van der Waals surface area contributed by atoms with Crippen LogP contribution in [0.2, 0.25) is 5.02 Å². The van der Waals surface area contributed by atoms with Crippen LogP contribution in [-0.4, -0.2) is 26.6 Å². The molecule has 2 nitrogen and oxygen atoms in total. The molecule has 18 heavy (non-hydrogen) atoms. The van der Waals surface area contributed by atoms with Crippen LogP contribution in [0.4, 0.5) is 14.5 Å². The van der Waals surface area contributed by atoms with Crippen molar-refractivity contribution < 1.29 is 8.78 Å². The van der Waals surface area contributed by atoms with Crippen LogP contribution in [0.1, 0.15) is 18.9 Å². The molecule has 0 amide bonds. The van der Waals surface area contributed by atoms with Gasteiger partial charge in [0.2, 0.25) is 0 Å². The molecule has 0 saturated carbocycles. The lowest BCUT2D eigenvalue weighted by Crippen LogP contribution is -2.24. The van der Waals surface area contributed by atoms with Crippen molar-refractivity contribution in [3.05, 3.63) is 28.8 Å². The third kappa shape index (κ3) is 4.78. The van der Waals surface area contributed by atoms with Crippen LogP contribution in [0.5, 0.6) is 0 Å². The minimum atomic E-state index is -2.36. The van der Waals surface area contributed by atoms with Gasteiger partial charge in [-0.1, -0.05) is 24.6 Å². The van der Waals surface area contributed by atoms with Crippen molar-refractivity contribution >= 4 is 17.3 Å². The lowest BCUT2D eigenvalue weighted by molar-refractivity contribution is 0.156. The summed E-state index contributed by atoms with van der Waals surface area (Å²) in [5.41, 5.74) is 1.69. The molecule has 0 aliphatic heterocycles. The largest absolute Gasteiger partial charge is 0.368 e. The van der Waals surface area contributed by atoms with Crippen LogP contribution in [0.15, 0.2) is 18.2 Å². The van der Waals surface area contributed by atoms with Crippen molar-refractivity contribution in [3.63, 3.8) is 0 Å². The number of nitrogens with zero attached hydrogens (tertiary/aromatic N) is 1. The van der Waals surface area contributed by atoms with Gasteiger partial charge in [-0.05, 0) is 30.7 Å². The summed E-state index contributed by atoms with van der Waals surface area (Å²) in [6, 6.07) is 5.51. The van der Waals surface area contributed by atoms with Gasteiger partial charge in [0, 0.05) is 13.6 Å². The predicted molar refractivity (Wildman–Crippen MR) is 72.7 cm³/mol. The van der Waals surface area contributed by atoms with Gasteiger partial charge in [0.05, 0.1) is 17.3 Å². The maximum Gasteiger partial charge on any atom is 0.255 e. The third-order valence-corrected chi connectivity index (χ3v) is 2.89. The van der Waals surface area contributed by atoms with Crippen molar-refractivity contribution in [1.82, 2.24) is 5.32 Å². The van der Waals surface area contributed by atoms with Crippen molar-refractivity contribution in [1.29, 1.82) is 0 Å². The Labute approximate surface area is 112 Å². The zero-order chi connectivity index (χ0) is 13.5. The molecular weight excluding hydrogens is 258 g/mol. The highest BCUT2D eigenvalue weighted by Crippen LogP contribution is 2.26. The summed E-state index contributed by atoms with van der Waals surface area (Å²) >= 11 is 6.11. The molecule has 1 rings (SSSR count). The molecule has 0 radical (unpaired) electrons. The Bertz CT molecular complexity index is 372. The van der Waals surface area contributed by atoms with E-state index in [0.29, 0.717) is 10.7 Å². The molecule has 1 N–H and O–H groups in total. The number of nitrogens with one attached hydrogen (secondary N) is 1. The second-order valence-electron chi connectivity index (χ2n) is 4.23. The summed E-state index contributed by atoms with van der Waals surface area (Å²) in [7, 11) is 1.61. The van der Waals surface area contributed by atoms with Crippen LogP contribution >= 0.6 is 11.6 Å². The predicted octanol–water partition coefficient (Wildman–Crippen LogP) is 3.54. The Kier molecular flexibility index (Phi) is 6.36. The highest BCUT2D eigenvalue weighted by atomic mass is 35.5. The normalized spacial score (nSPS) is 11.0. The molecule has 102 valence electrons. The first kappa shape index (κ1) is 15.2. The van der Waals surface area contributed by atoms with Crippen LogP contribution in [0.3, 0.4) is 0 Å². The van der Waals surface area contributed by atoms with Gasteiger partial charge in [0.15, 0.2) is 0 Å². The molecule has 0 unspecified atom stereocenters. The maximum absolute atomic E-state index is 12.3. The second-order valence-corrected chi connectivity index (χ2v) is 4.64. The smallest absolute Gasteiger partial charge is 0.255 e. The van der Waals surface area contributed by atoms with E-state index in [9.17, 15) is 8.78 Å². The van der Waals surface area contributed by atoms with Crippen molar-refractivity contribution in [2.45, 2.75) is 26.3 Å². The highest BCUT2D eigenvalue weighted by Gasteiger charge is 2.11. The summed E-state index contributed by atoms with van der Waals surface area (Å²) < 4.78 is 24.6. The Morgan fingerprint density at radius 3 is 2.67 bits per heavy atom. The van der Waals surface area contributed by atoms with Gasteiger partial charge >= 0.3 is 0 Å². The second kappa shape index (κ2) is 7.54. The van der Waals surface area contributed by atoms with Crippen molar-refractivity contribution in [2.75, 3.05) is 25.0 Å². The van der Waals surface area contributed by atoms with Gasteiger partial charge in [0.25, 0.3) is 6.43 Å². The minimum absolute atomic E-state index is 0.312. The van der Waals surface area contributed by atoms with Crippen LogP contribution in [0.25, 0.3) is 0 Å². The third-order valence-electron chi connectivity index (χ3n) is 2.59. The van der Waals surface area contributed by atoms with E-state index in [1.807, 2.05) is 12.1 Å². The number of benzene rings is 1. The van der Waals surface area contributed by atoms with E-state index in [-0.39, 0.29) is 6.54 Å². The van der Waals surface area contributed by atoms with Gasteiger partial charge in [-0.15, -0.1) is 0 Å². The minimum Gasteiger partial charge on any atom is -0.368 e. The monoisotopic (exact) mass is 276 g/mol. The molecule has 1 aromatic rings. The Morgan fingerprint density at radius 1 is 1.39 bits per heavy atom. The average Bonchev–Trinajstić information content (AvgIpc) is 2.28. The fourth-order valence-electron chi connectivity index (χ4n) is 1.68. The first-order valence-corrected chi connectivity index (χ1v) is 6.40. The average molecular weight is 277 g/mol. The highest BCUT2D eigenvalue weighted by molar-refractivity contribution is 6.33. The van der Waals surface area contributed by atoms with E-state index >= 15 is 0 Å². The van der Waals surface area contributed by atoms with E-state index in [4.69, 9.17) is 11.6 Å². The standard InChI is InChI=1S/C13H19ClF2N2/c1-3-6-17-8-10-4-5-12(11(14)7-10)18(2)9-13(15)16/h4-5,7,13,17H,3,6,8-9H2,1-2H3. The Balaban J connectivity index is 2.67. The molecule has 0 saturated heterocycles. The summed E-state index contributed by atoms with van der Waals surface area (Å²) in [5.74, 6) is 0. The number of hydrogen-bond acceptors (Lipinski definition) is 2. The first-order chi connectivity index (χ1) is 8.54. The van der Waals surface area contributed by atoms with Crippen LogP contribution in [-0.2, 0) is 6.54 Å². The zero-order valence-corrected chi connectivity index (χ0v) is 11.5. The summed E-state index contributed by atoms with van der Waals surface area (Å²) in [6.45, 7) is 3.48. The molecular formula is C13H19ClF2N2. The lowest BCUT2D eigenvalue weighted by atomic mass is 10.2. The number of anilines is 1. The van der Waals surface area contributed by atoms with Gasteiger partial charge < -0.3 is 10.2 Å². The molecule has 0 atom stereocenters. The fraction of sp³-hybridized carbons (Fsp3) is 0.538. The summed E-state index contributed by atoms with van der Waals surface area (Å²) in [6.07, 6.45) is -1.29. The Hall–Kier alpha value is -0.870. The molecule has 0 aliphatic rings. The van der Waals surface area contributed by atoms with Gasteiger partial charge in [-0.3, -0.25) is 0 Å². The van der Waals surface area contributed by atoms with E-state index in [1.165, 1.54) is 4.90 Å². The van der Waals surface area contributed by atoms with Gasteiger partial charge in [0.1, 0.15) is 0 Å². The van der Waals surface area contributed by atoms with Crippen molar-refractivity contribution in [3.8, 4) is 0 Å². The quantitative estimate of drug-likeness (QED) is 0.767. The Morgan fingerprint density at radius 2 is 2.11 bits per heavy atom. The molecule has 5 heteroatoms. The summed E-state index contributed by atoms with van der Waals surface area (Å²) in [4.78, 5) is 1.47. The lowest BCUT2D eigenvalue weighted by Gasteiger charge is -2.20. The molecule has 0 aromatic heterocycles. The van der Waals surface area contributed by atoms with E-state index in [2.05, 4.69) is 12.2 Å². The fourth-order valence-corrected chi connectivity index (χ4v) is 2.03. The number of alkyl halides is 2. The molecule has 0 bridgehead atoms. The van der Waals surface area contributed by atoms with E-state index in [0.717, 1.165) is 25.1 Å². The zero-order valence-electron chi connectivity index (χ0n) is 10.7. The molecule has 0 aliphatic carbocycles. The summed E-state index contributed by atoms with van der Waals surface area (Å²) in [5, 5.41) is 3.78. The molecule has 0 fully saturated rings. The van der Waals surface area contributed by atoms with Crippen LogP contribution in [0, 0.1) is 0 Å². The van der Waals surface area contributed by atoms with E-state index in [1.54, 1.807) is 13.1 Å². The number of rotatable bonds is 7. The topological polar surface area (TPSA) is 15.3 Å². The molecule has 0 spiro atoms. The number of hydrogen-bond donors (Lipinski definition) is 1. The van der Waals surface area contributed by atoms with Gasteiger partial charge in [-0.2, -0.15) is 0 Å². The SMILES string of the molecule is CCCNCc1ccc(N(C)CC(F)F)c(Cl)c1. The van der Waals surface area contributed by atoms with Crippen LogP contribution < -0.4 is 10.2 Å². The number of halogens is 3.